The van der Waals surface area contributed by atoms with E-state index >= 15 is 0 Å². The number of amides is 1. The number of alkyl halides is 3. The molecule has 186 valence electrons. The third-order valence-corrected chi connectivity index (χ3v) is 5.67. The summed E-state index contributed by atoms with van der Waals surface area (Å²) in [7, 11) is 0. The lowest BCUT2D eigenvalue weighted by Crippen LogP contribution is -2.48. The van der Waals surface area contributed by atoms with Crippen LogP contribution in [0.25, 0.3) is 11.0 Å². The Morgan fingerprint density at radius 2 is 1.80 bits per heavy atom. The second-order valence-electron chi connectivity index (χ2n) is 8.70. The quantitative estimate of drug-likeness (QED) is 0.593. The minimum Gasteiger partial charge on any atom is -0.486 e. The number of hydrogen-bond acceptors (Lipinski definition) is 6. The van der Waals surface area contributed by atoms with Gasteiger partial charge in [0, 0.05) is 24.2 Å². The minimum absolute atomic E-state index is 0.0658. The molecule has 1 amide bonds. The van der Waals surface area contributed by atoms with Crippen LogP contribution in [-0.4, -0.2) is 51.1 Å². The molecule has 2 aromatic heterocycles. The van der Waals surface area contributed by atoms with Crippen molar-refractivity contribution in [2.75, 3.05) is 13.1 Å². The summed E-state index contributed by atoms with van der Waals surface area (Å²) in [5, 5.41) is -0.0658. The van der Waals surface area contributed by atoms with Gasteiger partial charge in [0.1, 0.15) is 17.7 Å². The molecule has 0 spiro atoms. The van der Waals surface area contributed by atoms with Crippen molar-refractivity contribution in [2.45, 2.75) is 52.2 Å². The van der Waals surface area contributed by atoms with E-state index in [4.69, 9.17) is 9.47 Å². The normalized spacial score (nSPS) is 19.6. The number of pyridine rings is 1. The number of benzene rings is 1. The standard InChI is InChI=1S/C24H25F3N4O4/c1-12-10-31(11-13(2)34-12)23(33)16-5-7-17(8-6-16)35-14(3)18-9-19-21(28-15(4)29-22(19)32)30-20(18)24(25,26)27/h5-9,12-14H,10-11H2,1-4H3,(H,28,29,30,32)/t12-,13+,14-/m1/s1. The maximum absolute atomic E-state index is 13.8. The minimum atomic E-state index is -4.78. The molecule has 1 fully saturated rings. The fourth-order valence-corrected chi connectivity index (χ4v) is 4.20. The average molecular weight is 490 g/mol. The summed E-state index contributed by atoms with van der Waals surface area (Å²) in [5.74, 6) is 0.268. The van der Waals surface area contributed by atoms with Crippen molar-refractivity contribution in [2.24, 2.45) is 0 Å². The van der Waals surface area contributed by atoms with Crippen LogP contribution < -0.4 is 10.3 Å². The maximum Gasteiger partial charge on any atom is 0.433 e. The summed E-state index contributed by atoms with van der Waals surface area (Å²) in [6.45, 7) is 7.64. The van der Waals surface area contributed by atoms with Crippen molar-refractivity contribution in [3.8, 4) is 5.75 Å². The number of morpholine rings is 1. The number of ether oxygens (including phenoxy) is 2. The molecule has 3 aromatic rings. The number of rotatable bonds is 4. The van der Waals surface area contributed by atoms with E-state index in [1.807, 2.05) is 13.8 Å². The molecule has 3 atom stereocenters. The first-order valence-corrected chi connectivity index (χ1v) is 11.1. The van der Waals surface area contributed by atoms with Gasteiger partial charge in [-0.25, -0.2) is 9.97 Å². The average Bonchev–Trinajstić information content (AvgIpc) is 2.77. The number of fused-ring (bicyclic) bond motifs is 1. The number of nitrogens with zero attached hydrogens (tertiary/aromatic N) is 3. The van der Waals surface area contributed by atoms with E-state index in [1.54, 1.807) is 17.0 Å². The van der Waals surface area contributed by atoms with Crippen LogP contribution in [0.4, 0.5) is 13.2 Å². The molecule has 11 heteroatoms. The van der Waals surface area contributed by atoms with E-state index in [2.05, 4.69) is 15.0 Å². The Morgan fingerprint density at radius 3 is 2.40 bits per heavy atom. The first-order chi connectivity index (χ1) is 16.4. The lowest BCUT2D eigenvalue weighted by Gasteiger charge is -2.35. The molecule has 0 saturated carbocycles. The number of hydrogen-bond donors (Lipinski definition) is 1. The van der Waals surface area contributed by atoms with Crippen molar-refractivity contribution in [1.82, 2.24) is 19.9 Å². The van der Waals surface area contributed by atoms with E-state index in [0.29, 0.717) is 18.7 Å². The van der Waals surface area contributed by atoms with E-state index in [-0.39, 0.29) is 46.3 Å². The molecule has 0 unspecified atom stereocenters. The molecule has 4 rings (SSSR count). The van der Waals surface area contributed by atoms with Crippen LogP contribution in [-0.2, 0) is 10.9 Å². The van der Waals surface area contributed by atoms with E-state index in [0.717, 1.165) is 6.07 Å². The van der Waals surface area contributed by atoms with Crippen LogP contribution in [0.2, 0.25) is 0 Å². The van der Waals surface area contributed by atoms with E-state index in [9.17, 15) is 22.8 Å². The zero-order chi connectivity index (χ0) is 25.5. The van der Waals surface area contributed by atoms with Gasteiger partial charge in [0.25, 0.3) is 11.5 Å². The number of H-pyrrole nitrogens is 1. The zero-order valence-electron chi connectivity index (χ0n) is 19.6. The Morgan fingerprint density at radius 1 is 1.17 bits per heavy atom. The second kappa shape index (κ2) is 9.29. The number of carbonyl (C=O) groups excluding carboxylic acids is 1. The predicted molar refractivity (Wildman–Crippen MR) is 121 cm³/mol. The highest BCUT2D eigenvalue weighted by molar-refractivity contribution is 5.94. The van der Waals surface area contributed by atoms with Gasteiger partial charge in [-0.3, -0.25) is 9.59 Å². The largest absolute Gasteiger partial charge is 0.486 e. The number of carbonyl (C=O) groups is 1. The lowest BCUT2D eigenvalue weighted by atomic mass is 10.1. The topological polar surface area (TPSA) is 97.4 Å². The number of nitrogens with one attached hydrogen (secondary N) is 1. The smallest absolute Gasteiger partial charge is 0.433 e. The summed E-state index contributed by atoms with van der Waals surface area (Å²) >= 11 is 0. The van der Waals surface area contributed by atoms with Gasteiger partial charge in [-0.1, -0.05) is 0 Å². The molecule has 0 bridgehead atoms. The third-order valence-electron chi connectivity index (χ3n) is 5.67. The molecule has 1 saturated heterocycles. The third kappa shape index (κ3) is 5.29. The lowest BCUT2D eigenvalue weighted by molar-refractivity contribution is -0.142. The van der Waals surface area contributed by atoms with Crippen molar-refractivity contribution in [3.05, 3.63) is 63.3 Å². The monoisotopic (exact) mass is 490 g/mol. The highest BCUT2D eigenvalue weighted by atomic mass is 19.4. The Hall–Kier alpha value is -3.47. The highest BCUT2D eigenvalue weighted by Gasteiger charge is 2.38. The molecular weight excluding hydrogens is 465 g/mol. The molecule has 1 aliphatic heterocycles. The molecule has 3 heterocycles. The summed E-state index contributed by atoms with van der Waals surface area (Å²) in [6.07, 6.45) is -6.01. The van der Waals surface area contributed by atoms with Gasteiger partial charge in [-0.15, -0.1) is 0 Å². The highest BCUT2D eigenvalue weighted by Crippen LogP contribution is 2.36. The Balaban J connectivity index is 1.59. The Bertz CT molecular complexity index is 1300. The number of halogens is 3. The SMILES string of the molecule is Cc1nc2nc(C(F)(F)F)c([C@@H](C)Oc3ccc(C(=O)N4C[C@@H](C)O[C@@H](C)C4)cc3)cc2c(=O)[nH]1. The zero-order valence-corrected chi connectivity index (χ0v) is 19.6. The first-order valence-electron chi connectivity index (χ1n) is 11.1. The molecule has 35 heavy (non-hydrogen) atoms. The van der Waals surface area contributed by atoms with Gasteiger partial charge in [0.05, 0.1) is 17.6 Å². The number of aromatic nitrogens is 3. The van der Waals surface area contributed by atoms with Gasteiger partial charge in [0.15, 0.2) is 11.3 Å². The van der Waals surface area contributed by atoms with Crippen LogP contribution in [0.3, 0.4) is 0 Å². The van der Waals surface area contributed by atoms with Crippen molar-refractivity contribution in [3.63, 3.8) is 0 Å². The van der Waals surface area contributed by atoms with Crippen LogP contribution in [0.1, 0.15) is 54.3 Å². The van der Waals surface area contributed by atoms with Gasteiger partial charge < -0.3 is 19.4 Å². The molecular formula is C24H25F3N4O4. The fraction of sp³-hybridized carbons (Fsp3) is 0.417. The summed E-state index contributed by atoms with van der Waals surface area (Å²) in [5.41, 5.74) is -1.90. The fourth-order valence-electron chi connectivity index (χ4n) is 4.20. The van der Waals surface area contributed by atoms with Crippen LogP contribution >= 0.6 is 0 Å². The summed E-state index contributed by atoms with van der Waals surface area (Å²) in [6, 6.07) is 7.29. The van der Waals surface area contributed by atoms with E-state index in [1.165, 1.54) is 26.0 Å². The van der Waals surface area contributed by atoms with Crippen LogP contribution in [0.5, 0.6) is 5.75 Å². The molecule has 8 nitrogen and oxygen atoms in total. The Kier molecular flexibility index (Phi) is 6.54. The van der Waals surface area contributed by atoms with Crippen molar-refractivity contribution >= 4 is 16.9 Å². The van der Waals surface area contributed by atoms with Gasteiger partial charge >= 0.3 is 6.18 Å². The number of aryl methyl sites for hydroxylation is 1. The van der Waals surface area contributed by atoms with E-state index < -0.39 is 23.5 Å². The number of aromatic amines is 1. The van der Waals surface area contributed by atoms with Gasteiger partial charge in [0.2, 0.25) is 0 Å². The molecule has 0 radical (unpaired) electrons. The molecule has 1 N–H and O–H groups in total. The van der Waals surface area contributed by atoms with Crippen LogP contribution in [0, 0.1) is 6.92 Å². The maximum atomic E-state index is 13.8. The Labute approximate surface area is 199 Å². The summed E-state index contributed by atoms with van der Waals surface area (Å²) < 4.78 is 52.7. The summed E-state index contributed by atoms with van der Waals surface area (Å²) in [4.78, 5) is 36.8. The van der Waals surface area contributed by atoms with Gasteiger partial charge in [-0.2, -0.15) is 13.2 Å². The predicted octanol–water partition coefficient (Wildman–Crippen LogP) is 4.03. The molecule has 0 aliphatic carbocycles. The van der Waals surface area contributed by atoms with Crippen molar-refractivity contribution in [1.29, 1.82) is 0 Å². The first kappa shape index (κ1) is 24.6. The molecule has 1 aliphatic rings. The second-order valence-corrected chi connectivity index (χ2v) is 8.70. The van der Waals surface area contributed by atoms with Crippen LogP contribution in [0.15, 0.2) is 35.1 Å². The van der Waals surface area contributed by atoms with Gasteiger partial charge in [-0.05, 0) is 58.0 Å². The molecule has 1 aromatic carbocycles. The van der Waals surface area contributed by atoms with Crippen molar-refractivity contribution < 1.29 is 27.4 Å².